The summed E-state index contributed by atoms with van der Waals surface area (Å²) in [5.41, 5.74) is 0.959. The zero-order chi connectivity index (χ0) is 12.0. The number of rotatable bonds is 6. The fraction of sp³-hybridized carbons (Fsp3) is 0.500. The van der Waals surface area contributed by atoms with Crippen LogP contribution in [0.4, 0.5) is 4.39 Å². The molecule has 0 aliphatic carbocycles. The van der Waals surface area contributed by atoms with Crippen molar-refractivity contribution in [3.63, 3.8) is 0 Å². The molecule has 0 saturated carbocycles. The first-order chi connectivity index (χ1) is 7.69. The lowest BCUT2D eigenvalue weighted by atomic mass is 10.1. The van der Waals surface area contributed by atoms with Gasteiger partial charge in [0.1, 0.15) is 5.82 Å². The Morgan fingerprint density at radius 1 is 1.50 bits per heavy atom. The monoisotopic (exact) mass is 243 g/mol. The quantitative estimate of drug-likeness (QED) is 0.753. The van der Waals surface area contributed by atoms with Crippen LogP contribution >= 0.6 is 11.8 Å². The van der Waals surface area contributed by atoms with E-state index in [0.717, 1.165) is 17.0 Å². The van der Waals surface area contributed by atoms with E-state index in [-0.39, 0.29) is 18.5 Å². The lowest BCUT2D eigenvalue weighted by Crippen LogP contribution is -2.18. The van der Waals surface area contributed by atoms with Gasteiger partial charge in [-0.2, -0.15) is 0 Å². The fourth-order valence-corrected chi connectivity index (χ4v) is 2.44. The summed E-state index contributed by atoms with van der Waals surface area (Å²) in [4.78, 5) is 1.03. The van der Waals surface area contributed by atoms with Crippen LogP contribution in [0.1, 0.15) is 25.5 Å². The molecule has 0 heterocycles. The molecule has 1 rings (SSSR count). The Balaban J connectivity index is 2.88. The fourth-order valence-electron chi connectivity index (χ4n) is 1.56. The third-order valence-electron chi connectivity index (χ3n) is 2.30. The van der Waals surface area contributed by atoms with Gasteiger partial charge >= 0.3 is 0 Å². The van der Waals surface area contributed by atoms with Crippen molar-refractivity contribution >= 4 is 11.8 Å². The van der Waals surface area contributed by atoms with Gasteiger partial charge in [-0.25, -0.2) is 4.39 Å². The molecule has 0 spiro atoms. The minimum atomic E-state index is -0.215. The Labute approximate surface area is 100 Å². The van der Waals surface area contributed by atoms with Crippen LogP contribution in [0.3, 0.4) is 0 Å². The summed E-state index contributed by atoms with van der Waals surface area (Å²) in [5.74, 6) is 0.422. The molecule has 1 aromatic rings. The molecular formula is C12H18FNOS. The number of nitrogens with one attached hydrogen (secondary N) is 1. The number of hydrogen-bond donors (Lipinski definition) is 2. The van der Waals surface area contributed by atoms with Crippen LogP contribution in [0.25, 0.3) is 0 Å². The van der Waals surface area contributed by atoms with E-state index in [1.165, 1.54) is 6.07 Å². The second kappa shape index (κ2) is 6.89. The molecule has 4 heteroatoms. The van der Waals surface area contributed by atoms with Crippen LogP contribution in [-0.2, 0) is 0 Å². The Morgan fingerprint density at radius 2 is 2.25 bits per heavy atom. The number of aliphatic hydroxyl groups excluding tert-OH is 1. The number of thioether (sulfide) groups is 1. The minimum Gasteiger partial charge on any atom is -0.396 e. The van der Waals surface area contributed by atoms with Gasteiger partial charge in [-0.15, -0.1) is 11.8 Å². The highest BCUT2D eigenvalue weighted by Gasteiger charge is 2.11. The van der Waals surface area contributed by atoms with E-state index in [0.29, 0.717) is 5.75 Å². The van der Waals surface area contributed by atoms with Crippen LogP contribution in [0.15, 0.2) is 23.1 Å². The van der Waals surface area contributed by atoms with E-state index >= 15 is 0 Å². The zero-order valence-corrected chi connectivity index (χ0v) is 10.5. The van der Waals surface area contributed by atoms with Crippen molar-refractivity contribution in [3.8, 4) is 0 Å². The van der Waals surface area contributed by atoms with Gasteiger partial charge in [0.25, 0.3) is 0 Å². The first kappa shape index (κ1) is 13.5. The molecule has 2 nitrogen and oxygen atoms in total. The van der Waals surface area contributed by atoms with Crippen molar-refractivity contribution in [1.82, 2.24) is 5.32 Å². The summed E-state index contributed by atoms with van der Waals surface area (Å²) in [6.07, 6.45) is 0. The zero-order valence-electron chi connectivity index (χ0n) is 9.66. The van der Waals surface area contributed by atoms with Gasteiger partial charge in [-0.1, -0.05) is 6.92 Å². The average molecular weight is 243 g/mol. The first-order valence-corrected chi connectivity index (χ1v) is 6.44. The summed E-state index contributed by atoms with van der Waals surface area (Å²) in [6, 6.07) is 4.93. The molecule has 0 saturated heterocycles. The third kappa shape index (κ3) is 3.77. The van der Waals surface area contributed by atoms with Crippen molar-refractivity contribution in [3.05, 3.63) is 29.6 Å². The van der Waals surface area contributed by atoms with Crippen molar-refractivity contribution in [2.75, 3.05) is 18.9 Å². The van der Waals surface area contributed by atoms with Gasteiger partial charge in [0.05, 0.1) is 6.61 Å². The molecule has 0 amide bonds. The standard InChI is InChI=1S/C12H18FNOS/c1-3-14-9(2)11-8-10(13)4-5-12(11)16-7-6-15/h4-5,8-9,14-15H,3,6-7H2,1-2H3. The van der Waals surface area contributed by atoms with Gasteiger partial charge in [-0.05, 0) is 37.2 Å². The maximum Gasteiger partial charge on any atom is 0.123 e. The van der Waals surface area contributed by atoms with E-state index in [2.05, 4.69) is 5.32 Å². The molecule has 1 atom stereocenters. The largest absolute Gasteiger partial charge is 0.396 e. The van der Waals surface area contributed by atoms with Gasteiger partial charge in [0.15, 0.2) is 0 Å². The SMILES string of the molecule is CCNC(C)c1cc(F)ccc1SCCO. The molecular weight excluding hydrogens is 225 g/mol. The van der Waals surface area contributed by atoms with Crippen LogP contribution in [0, 0.1) is 5.82 Å². The molecule has 0 aliphatic heterocycles. The van der Waals surface area contributed by atoms with Crippen LogP contribution < -0.4 is 5.32 Å². The Hall–Kier alpha value is -0.580. The van der Waals surface area contributed by atoms with Crippen LogP contribution in [0.2, 0.25) is 0 Å². The van der Waals surface area contributed by atoms with E-state index in [9.17, 15) is 4.39 Å². The highest BCUT2D eigenvalue weighted by Crippen LogP contribution is 2.28. The first-order valence-electron chi connectivity index (χ1n) is 5.45. The molecule has 16 heavy (non-hydrogen) atoms. The molecule has 2 N–H and O–H groups in total. The molecule has 0 aromatic heterocycles. The number of hydrogen-bond acceptors (Lipinski definition) is 3. The van der Waals surface area contributed by atoms with Crippen LogP contribution in [0.5, 0.6) is 0 Å². The highest BCUT2D eigenvalue weighted by atomic mass is 32.2. The lowest BCUT2D eigenvalue weighted by molar-refractivity contribution is 0.322. The van der Waals surface area contributed by atoms with Crippen LogP contribution in [-0.4, -0.2) is 24.0 Å². The summed E-state index contributed by atoms with van der Waals surface area (Å²) in [6.45, 7) is 5.02. The molecule has 1 unspecified atom stereocenters. The Morgan fingerprint density at radius 3 is 2.88 bits per heavy atom. The topological polar surface area (TPSA) is 32.3 Å². The summed E-state index contributed by atoms with van der Waals surface area (Å²) in [5, 5.41) is 12.1. The average Bonchev–Trinajstić information content (AvgIpc) is 2.27. The summed E-state index contributed by atoms with van der Waals surface area (Å²) >= 11 is 1.55. The van der Waals surface area contributed by atoms with Gasteiger partial charge < -0.3 is 10.4 Å². The molecule has 1 aromatic carbocycles. The van der Waals surface area contributed by atoms with Gasteiger partial charge in [-0.3, -0.25) is 0 Å². The summed E-state index contributed by atoms with van der Waals surface area (Å²) in [7, 11) is 0. The molecule has 90 valence electrons. The third-order valence-corrected chi connectivity index (χ3v) is 3.37. The van der Waals surface area contributed by atoms with Gasteiger partial charge in [0, 0.05) is 16.7 Å². The number of halogens is 1. The summed E-state index contributed by atoms with van der Waals surface area (Å²) < 4.78 is 13.2. The second-order valence-corrected chi connectivity index (χ2v) is 4.67. The second-order valence-electron chi connectivity index (χ2n) is 3.53. The van der Waals surface area contributed by atoms with E-state index in [4.69, 9.17) is 5.11 Å². The maximum absolute atomic E-state index is 13.2. The van der Waals surface area contributed by atoms with Crippen molar-refractivity contribution in [2.24, 2.45) is 0 Å². The van der Waals surface area contributed by atoms with Crippen molar-refractivity contribution < 1.29 is 9.50 Å². The lowest BCUT2D eigenvalue weighted by Gasteiger charge is -2.16. The smallest absolute Gasteiger partial charge is 0.123 e. The van der Waals surface area contributed by atoms with Crippen molar-refractivity contribution in [2.45, 2.75) is 24.8 Å². The molecule has 0 aliphatic rings. The van der Waals surface area contributed by atoms with E-state index in [1.54, 1.807) is 23.9 Å². The van der Waals surface area contributed by atoms with E-state index in [1.807, 2.05) is 13.8 Å². The minimum absolute atomic E-state index is 0.127. The maximum atomic E-state index is 13.2. The predicted octanol–water partition coefficient (Wildman–Crippen LogP) is 2.58. The number of aliphatic hydroxyl groups is 1. The number of benzene rings is 1. The van der Waals surface area contributed by atoms with Crippen molar-refractivity contribution in [1.29, 1.82) is 0 Å². The molecule has 0 bridgehead atoms. The Bertz CT molecular complexity index is 333. The predicted molar refractivity (Wildman–Crippen MR) is 66.3 cm³/mol. The van der Waals surface area contributed by atoms with Gasteiger partial charge in [0.2, 0.25) is 0 Å². The van der Waals surface area contributed by atoms with E-state index < -0.39 is 0 Å². The highest BCUT2D eigenvalue weighted by molar-refractivity contribution is 7.99. The molecule has 0 radical (unpaired) electrons. The molecule has 0 fully saturated rings. The Kier molecular flexibility index (Phi) is 5.80. The normalized spacial score (nSPS) is 12.8.